The number of anilines is 1. The third-order valence-corrected chi connectivity index (χ3v) is 3.11. The maximum absolute atomic E-state index is 12.0. The number of hydrogen-bond donors (Lipinski definition) is 1. The van der Waals surface area contributed by atoms with Crippen molar-refractivity contribution in [2.24, 2.45) is 0 Å². The van der Waals surface area contributed by atoms with Crippen molar-refractivity contribution < 1.29 is 18.0 Å². The number of nitrogens with zero attached hydrogens (tertiary/aromatic N) is 4. The molecule has 1 fully saturated rings. The summed E-state index contributed by atoms with van der Waals surface area (Å²) in [5.74, 6) is 0.415. The minimum Gasteiger partial charge on any atom is -0.352 e. The molecule has 9 heteroatoms. The molecule has 1 aromatic heterocycles. The standard InChI is InChI=1S/C12H16F3N5O/c13-12(14,15)9-17-8-11(21)20-5-3-19(4-6-20)10-7-16-1-2-18-10/h1-2,7,17H,3-6,8-9H2. The molecule has 2 rings (SSSR count). The molecule has 116 valence electrons. The van der Waals surface area contributed by atoms with Crippen LogP contribution in [-0.2, 0) is 4.79 Å². The Labute approximate surface area is 120 Å². The van der Waals surface area contributed by atoms with Crippen LogP contribution in [0.25, 0.3) is 0 Å². The summed E-state index contributed by atoms with van der Waals surface area (Å²) in [6.07, 6.45) is 0.511. The Morgan fingerprint density at radius 2 is 1.95 bits per heavy atom. The van der Waals surface area contributed by atoms with Gasteiger partial charge in [-0.25, -0.2) is 4.98 Å². The first-order chi connectivity index (χ1) is 9.96. The molecule has 0 bridgehead atoms. The summed E-state index contributed by atoms with van der Waals surface area (Å²) in [4.78, 5) is 23.5. The Bertz CT molecular complexity index is 460. The quantitative estimate of drug-likeness (QED) is 0.865. The van der Waals surface area contributed by atoms with Gasteiger partial charge in [0, 0.05) is 38.6 Å². The van der Waals surface area contributed by atoms with Gasteiger partial charge < -0.3 is 15.1 Å². The van der Waals surface area contributed by atoms with Gasteiger partial charge in [-0.2, -0.15) is 13.2 Å². The fourth-order valence-corrected chi connectivity index (χ4v) is 2.06. The summed E-state index contributed by atoms with van der Waals surface area (Å²) in [5.41, 5.74) is 0. The van der Waals surface area contributed by atoms with Gasteiger partial charge in [0.1, 0.15) is 5.82 Å². The average molecular weight is 303 g/mol. The lowest BCUT2D eigenvalue weighted by molar-refractivity contribution is -0.134. The highest BCUT2D eigenvalue weighted by Gasteiger charge is 2.27. The molecule has 0 radical (unpaired) electrons. The molecule has 0 aromatic carbocycles. The second-order valence-electron chi connectivity index (χ2n) is 4.65. The third-order valence-electron chi connectivity index (χ3n) is 3.11. The zero-order valence-corrected chi connectivity index (χ0v) is 11.3. The van der Waals surface area contributed by atoms with Gasteiger partial charge in [-0.15, -0.1) is 0 Å². The molecule has 1 aliphatic rings. The van der Waals surface area contributed by atoms with Crippen LogP contribution in [0.2, 0.25) is 0 Å². The van der Waals surface area contributed by atoms with Crippen LogP contribution in [0.15, 0.2) is 18.6 Å². The maximum Gasteiger partial charge on any atom is 0.401 e. The second kappa shape index (κ2) is 6.70. The second-order valence-corrected chi connectivity index (χ2v) is 4.65. The molecule has 1 N–H and O–H groups in total. The van der Waals surface area contributed by atoms with Gasteiger partial charge in [0.15, 0.2) is 0 Å². The summed E-state index contributed by atoms with van der Waals surface area (Å²) in [7, 11) is 0. The van der Waals surface area contributed by atoms with E-state index < -0.39 is 12.7 Å². The molecule has 0 aliphatic carbocycles. The molecule has 1 amide bonds. The van der Waals surface area contributed by atoms with Crippen molar-refractivity contribution in [1.82, 2.24) is 20.2 Å². The van der Waals surface area contributed by atoms with Crippen molar-refractivity contribution in [2.45, 2.75) is 6.18 Å². The van der Waals surface area contributed by atoms with Gasteiger partial charge in [0.05, 0.1) is 19.3 Å². The largest absolute Gasteiger partial charge is 0.401 e. The molecule has 0 atom stereocenters. The van der Waals surface area contributed by atoms with Crippen LogP contribution in [0.5, 0.6) is 0 Å². The minimum absolute atomic E-state index is 0.301. The van der Waals surface area contributed by atoms with Crippen molar-refractivity contribution in [1.29, 1.82) is 0 Å². The van der Waals surface area contributed by atoms with Crippen LogP contribution in [0.4, 0.5) is 19.0 Å². The summed E-state index contributed by atoms with van der Waals surface area (Å²) < 4.78 is 35.9. The first-order valence-electron chi connectivity index (χ1n) is 6.52. The van der Waals surface area contributed by atoms with E-state index in [0.717, 1.165) is 5.82 Å². The monoisotopic (exact) mass is 303 g/mol. The highest BCUT2D eigenvalue weighted by Crippen LogP contribution is 2.13. The summed E-state index contributed by atoms with van der Waals surface area (Å²) in [6.45, 7) is 0.641. The average Bonchev–Trinajstić information content (AvgIpc) is 2.47. The van der Waals surface area contributed by atoms with Gasteiger partial charge in [0.2, 0.25) is 5.91 Å². The van der Waals surface area contributed by atoms with E-state index in [1.807, 2.05) is 4.90 Å². The number of halogens is 3. The van der Waals surface area contributed by atoms with Crippen LogP contribution in [0.1, 0.15) is 0 Å². The highest BCUT2D eigenvalue weighted by molar-refractivity contribution is 5.78. The molecule has 0 unspecified atom stereocenters. The Balaban J connectivity index is 1.75. The lowest BCUT2D eigenvalue weighted by Gasteiger charge is -2.35. The fourth-order valence-electron chi connectivity index (χ4n) is 2.06. The number of piperazine rings is 1. The Kier molecular flexibility index (Phi) is 4.94. The van der Waals surface area contributed by atoms with Gasteiger partial charge in [-0.05, 0) is 0 Å². The lowest BCUT2D eigenvalue weighted by atomic mass is 10.3. The molecule has 6 nitrogen and oxygen atoms in total. The lowest BCUT2D eigenvalue weighted by Crippen LogP contribution is -2.51. The highest BCUT2D eigenvalue weighted by atomic mass is 19.4. The number of rotatable bonds is 4. The molecule has 1 aliphatic heterocycles. The van der Waals surface area contributed by atoms with Crippen molar-refractivity contribution in [2.75, 3.05) is 44.2 Å². The number of carbonyl (C=O) groups excluding carboxylic acids is 1. The number of nitrogens with one attached hydrogen (secondary N) is 1. The molecule has 0 spiro atoms. The van der Waals surface area contributed by atoms with Crippen LogP contribution in [0, 0.1) is 0 Å². The SMILES string of the molecule is O=C(CNCC(F)(F)F)N1CCN(c2cnccn2)CC1. The normalized spacial score (nSPS) is 16.1. The predicted octanol–water partition coefficient (Wildman–Crippen LogP) is 0.277. The van der Waals surface area contributed by atoms with E-state index in [1.165, 1.54) is 0 Å². The topological polar surface area (TPSA) is 61.4 Å². The van der Waals surface area contributed by atoms with Crippen molar-refractivity contribution in [3.8, 4) is 0 Å². The molecular formula is C12H16F3N5O. The zero-order chi connectivity index (χ0) is 15.3. The Morgan fingerprint density at radius 1 is 1.24 bits per heavy atom. The first kappa shape index (κ1) is 15.5. The van der Waals surface area contributed by atoms with Crippen LogP contribution >= 0.6 is 0 Å². The van der Waals surface area contributed by atoms with E-state index in [0.29, 0.717) is 26.2 Å². The van der Waals surface area contributed by atoms with Crippen molar-refractivity contribution in [3.05, 3.63) is 18.6 Å². The molecule has 21 heavy (non-hydrogen) atoms. The van der Waals surface area contributed by atoms with E-state index >= 15 is 0 Å². The number of aromatic nitrogens is 2. The van der Waals surface area contributed by atoms with Crippen molar-refractivity contribution in [3.63, 3.8) is 0 Å². The number of hydrogen-bond acceptors (Lipinski definition) is 5. The van der Waals surface area contributed by atoms with Gasteiger partial charge >= 0.3 is 6.18 Å². The number of alkyl halides is 3. The van der Waals surface area contributed by atoms with E-state index in [2.05, 4.69) is 15.3 Å². The summed E-state index contributed by atoms with van der Waals surface area (Å²) in [5, 5.41) is 2.11. The van der Waals surface area contributed by atoms with E-state index in [4.69, 9.17) is 0 Å². The molecular weight excluding hydrogens is 287 g/mol. The first-order valence-corrected chi connectivity index (χ1v) is 6.52. The summed E-state index contributed by atoms with van der Waals surface area (Å²) >= 11 is 0. The smallest absolute Gasteiger partial charge is 0.352 e. The van der Waals surface area contributed by atoms with E-state index in [-0.39, 0.29) is 12.5 Å². The molecule has 1 saturated heterocycles. The van der Waals surface area contributed by atoms with Gasteiger partial charge in [-0.1, -0.05) is 0 Å². The van der Waals surface area contributed by atoms with E-state index in [9.17, 15) is 18.0 Å². The van der Waals surface area contributed by atoms with Crippen LogP contribution < -0.4 is 10.2 Å². The maximum atomic E-state index is 12.0. The van der Waals surface area contributed by atoms with E-state index in [1.54, 1.807) is 23.5 Å². The Morgan fingerprint density at radius 3 is 2.52 bits per heavy atom. The fraction of sp³-hybridized carbons (Fsp3) is 0.583. The molecule has 2 heterocycles. The zero-order valence-electron chi connectivity index (χ0n) is 11.3. The number of carbonyl (C=O) groups is 1. The minimum atomic E-state index is -4.30. The van der Waals surface area contributed by atoms with Crippen LogP contribution in [-0.4, -0.2) is 66.2 Å². The van der Waals surface area contributed by atoms with Crippen molar-refractivity contribution >= 4 is 11.7 Å². The predicted molar refractivity (Wildman–Crippen MR) is 69.7 cm³/mol. The molecule has 0 saturated carbocycles. The van der Waals surface area contributed by atoms with Gasteiger partial charge in [0.25, 0.3) is 0 Å². The van der Waals surface area contributed by atoms with Crippen LogP contribution in [0.3, 0.4) is 0 Å². The summed E-state index contributed by atoms with van der Waals surface area (Å²) in [6, 6.07) is 0. The Hall–Kier alpha value is -1.90. The molecule has 1 aromatic rings. The third kappa shape index (κ3) is 4.85. The number of amides is 1. The van der Waals surface area contributed by atoms with Gasteiger partial charge in [-0.3, -0.25) is 9.78 Å².